The highest BCUT2D eigenvalue weighted by Crippen LogP contribution is 2.28. The predicted octanol–water partition coefficient (Wildman–Crippen LogP) is 1.30. The lowest BCUT2D eigenvalue weighted by molar-refractivity contribution is -0.143. The Hall–Kier alpha value is -1.59. The average Bonchev–Trinajstić information content (AvgIpc) is 2.92. The molecule has 1 aliphatic carbocycles. The summed E-state index contributed by atoms with van der Waals surface area (Å²) in [7, 11) is 0. The van der Waals surface area contributed by atoms with Crippen molar-refractivity contribution in [2.24, 2.45) is 11.8 Å². The molecule has 3 N–H and O–H groups in total. The average molecular weight is 298 g/mol. The van der Waals surface area contributed by atoms with Crippen molar-refractivity contribution in [1.82, 2.24) is 10.6 Å². The molecular weight excluding hydrogens is 272 g/mol. The topological polar surface area (TPSA) is 95.5 Å². The number of carboxylic acids is 1. The monoisotopic (exact) mass is 298 g/mol. The molecule has 1 saturated carbocycles. The Morgan fingerprint density at radius 2 is 1.76 bits per heavy atom. The Kier molecular flexibility index (Phi) is 7.19. The van der Waals surface area contributed by atoms with Crippen LogP contribution in [0.2, 0.25) is 0 Å². The van der Waals surface area contributed by atoms with E-state index >= 15 is 0 Å². The Balaban J connectivity index is 2.21. The third-order valence-electron chi connectivity index (χ3n) is 3.95. The van der Waals surface area contributed by atoms with Crippen molar-refractivity contribution in [2.45, 2.75) is 58.4 Å². The van der Waals surface area contributed by atoms with Gasteiger partial charge in [0.25, 0.3) is 0 Å². The van der Waals surface area contributed by atoms with E-state index in [2.05, 4.69) is 10.6 Å². The molecule has 1 rings (SSSR count). The second-order valence-electron chi connectivity index (χ2n) is 6.09. The van der Waals surface area contributed by atoms with E-state index in [4.69, 9.17) is 5.11 Å². The second kappa shape index (κ2) is 8.64. The lowest BCUT2D eigenvalue weighted by Crippen LogP contribution is -2.48. The molecule has 0 radical (unpaired) electrons. The molecule has 0 aromatic heterocycles. The van der Waals surface area contributed by atoms with Crippen LogP contribution in [0.15, 0.2) is 0 Å². The summed E-state index contributed by atoms with van der Waals surface area (Å²) in [6.45, 7) is 3.28. The van der Waals surface area contributed by atoms with Crippen LogP contribution in [-0.2, 0) is 14.4 Å². The molecule has 120 valence electrons. The third-order valence-corrected chi connectivity index (χ3v) is 3.95. The molecule has 21 heavy (non-hydrogen) atoms. The highest BCUT2D eigenvalue weighted by atomic mass is 16.4. The van der Waals surface area contributed by atoms with Gasteiger partial charge in [0.1, 0.15) is 6.04 Å². The minimum atomic E-state index is -1.06. The molecule has 2 amide bonds. The molecule has 1 fully saturated rings. The van der Waals surface area contributed by atoms with Crippen molar-refractivity contribution in [2.75, 3.05) is 6.54 Å². The fourth-order valence-corrected chi connectivity index (χ4v) is 2.64. The van der Waals surface area contributed by atoms with Gasteiger partial charge < -0.3 is 15.7 Å². The molecule has 0 spiro atoms. The lowest BCUT2D eigenvalue weighted by Gasteiger charge is -2.18. The van der Waals surface area contributed by atoms with Crippen molar-refractivity contribution in [3.63, 3.8) is 0 Å². The van der Waals surface area contributed by atoms with Crippen LogP contribution in [0.1, 0.15) is 52.4 Å². The molecule has 0 aromatic carbocycles. The van der Waals surface area contributed by atoms with Gasteiger partial charge in [0.05, 0.1) is 6.54 Å². The Morgan fingerprint density at radius 1 is 1.14 bits per heavy atom. The summed E-state index contributed by atoms with van der Waals surface area (Å²) < 4.78 is 0. The standard InChI is InChI=1S/C15H26N2O4/c1-10(2)14(15(20)21)17-13(19)9-16-12(18)8-7-11-5-3-4-6-11/h10-11,14H,3-9H2,1-2H3,(H,16,18)(H,17,19)(H,20,21)/t14-/m0/s1. The van der Waals surface area contributed by atoms with Gasteiger partial charge in [0.15, 0.2) is 0 Å². The number of nitrogens with one attached hydrogen (secondary N) is 2. The van der Waals surface area contributed by atoms with Crippen LogP contribution in [0.3, 0.4) is 0 Å². The Bertz CT molecular complexity index is 376. The smallest absolute Gasteiger partial charge is 0.326 e. The van der Waals surface area contributed by atoms with Gasteiger partial charge in [-0.15, -0.1) is 0 Å². The van der Waals surface area contributed by atoms with Crippen LogP contribution in [0.4, 0.5) is 0 Å². The minimum Gasteiger partial charge on any atom is -0.480 e. The highest BCUT2D eigenvalue weighted by Gasteiger charge is 2.23. The highest BCUT2D eigenvalue weighted by molar-refractivity contribution is 5.87. The Morgan fingerprint density at radius 3 is 2.29 bits per heavy atom. The van der Waals surface area contributed by atoms with Crippen LogP contribution in [0, 0.1) is 11.8 Å². The molecule has 0 aliphatic heterocycles. The maximum Gasteiger partial charge on any atom is 0.326 e. The van der Waals surface area contributed by atoms with E-state index in [-0.39, 0.29) is 18.4 Å². The summed E-state index contributed by atoms with van der Waals surface area (Å²) in [4.78, 5) is 34.3. The van der Waals surface area contributed by atoms with E-state index in [0.29, 0.717) is 12.3 Å². The summed E-state index contributed by atoms with van der Waals surface area (Å²) in [5.74, 6) is -1.24. The van der Waals surface area contributed by atoms with Crippen molar-refractivity contribution < 1.29 is 19.5 Å². The number of carbonyl (C=O) groups excluding carboxylic acids is 2. The molecule has 6 nitrogen and oxygen atoms in total. The zero-order chi connectivity index (χ0) is 15.8. The van der Waals surface area contributed by atoms with Gasteiger partial charge in [-0.05, 0) is 18.3 Å². The molecule has 0 saturated heterocycles. The second-order valence-corrected chi connectivity index (χ2v) is 6.09. The molecule has 0 bridgehead atoms. The normalized spacial score (nSPS) is 16.7. The zero-order valence-corrected chi connectivity index (χ0v) is 12.9. The zero-order valence-electron chi connectivity index (χ0n) is 12.9. The van der Waals surface area contributed by atoms with E-state index in [1.807, 2.05) is 0 Å². The lowest BCUT2D eigenvalue weighted by atomic mass is 10.0. The first-order valence-electron chi connectivity index (χ1n) is 7.69. The molecule has 6 heteroatoms. The van der Waals surface area contributed by atoms with E-state index < -0.39 is 17.9 Å². The van der Waals surface area contributed by atoms with Crippen LogP contribution >= 0.6 is 0 Å². The number of aliphatic carboxylic acids is 1. The van der Waals surface area contributed by atoms with Crippen molar-refractivity contribution in [1.29, 1.82) is 0 Å². The summed E-state index contributed by atoms with van der Waals surface area (Å²) in [6, 6.07) is -0.923. The number of carbonyl (C=O) groups is 3. The first-order valence-corrected chi connectivity index (χ1v) is 7.69. The molecule has 0 unspecified atom stereocenters. The van der Waals surface area contributed by atoms with Gasteiger partial charge in [0.2, 0.25) is 11.8 Å². The molecule has 0 heterocycles. The van der Waals surface area contributed by atoms with E-state index in [1.54, 1.807) is 13.8 Å². The van der Waals surface area contributed by atoms with Gasteiger partial charge in [-0.3, -0.25) is 9.59 Å². The summed E-state index contributed by atoms with van der Waals surface area (Å²) in [5.41, 5.74) is 0. The largest absolute Gasteiger partial charge is 0.480 e. The minimum absolute atomic E-state index is 0.145. The van der Waals surface area contributed by atoms with Crippen LogP contribution in [0.5, 0.6) is 0 Å². The van der Waals surface area contributed by atoms with Crippen molar-refractivity contribution >= 4 is 17.8 Å². The van der Waals surface area contributed by atoms with Gasteiger partial charge in [-0.2, -0.15) is 0 Å². The number of rotatable bonds is 8. The number of hydrogen-bond donors (Lipinski definition) is 3. The maximum atomic E-state index is 11.7. The summed E-state index contributed by atoms with van der Waals surface area (Å²) in [5, 5.41) is 13.9. The van der Waals surface area contributed by atoms with Gasteiger partial charge >= 0.3 is 5.97 Å². The SMILES string of the molecule is CC(C)[C@H](NC(=O)CNC(=O)CCC1CCCC1)C(=O)O. The van der Waals surface area contributed by atoms with Crippen LogP contribution < -0.4 is 10.6 Å². The van der Waals surface area contributed by atoms with Crippen molar-refractivity contribution in [3.8, 4) is 0 Å². The van der Waals surface area contributed by atoms with Crippen LogP contribution in [0.25, 0.3) is 0 Å². The Labute approximate surface area is 125 Å². The molecule has 1 atom stereocenters. The third kappa shape index (κ3) is 6.60. The first-order chi connectivity index (χ1) is 9.90. The predicted molar refractivity (Wildman–Crippen MR) is 78.6 cm³/mol. The molecule has 0 aromatic rings. The maximum absolute atomic E-state index is 11.7. The van der Waals surface area contributed by atoms with E-state index in [9.17, 15) is 14.4 Å². The molecular formula is C15H26N2O4. The van der Waals surface area contributed by atoms with Crippen molar-refractivity contribution in [3.05, 3.63) is 0 Å². The number of carboxylic acid groups (broad SMARTS) is 1. The van der Waals surface area contributed by atoms with Gasteiger partial charge in [-0.1, -0.05) is 39.5 Å². The van der Waals surface area contributed by atoms with E-state index in [0.717, 1.165) is 6.42 Å². The first kappa shape index (κ1) is 17.5. The molecule has 1 aliphatic rings. The van der Waals surface area contributed by atoms with Gasteiger partial charge in [-0.25, -0.2) is 4.79 Å². The summed E-state index contributed by atoms with van der Waals surface area (Å²) in [6.07, 6.45) is 6.20. The van der Waals surface area contributed by atoms with Gasteiger partial charge in [0, 0.05) is 6.42 Å². The summed E-state index contributed by atoms with van der Waals surface area (Å²) >= 11 is 0. The fraction of sp³-hybridized carbons (Fsp3) is 0.800. The number of amides is 2. The quantitative estimate of drug-likeness (QED) is 0.629. The number of hydrogen-bond acceptors (Lipinski definition) is 3. The van der Waals surface area contributed by atoms with E-state index in [1.165, 1.54) is 25.7 Å². The fourth-order valence-electron chi connectivity index (χ4n) is 2.64. The van der Waals surface area contributed by atoms with Crippen LogP contribution in [-0.4, -0.2) is 35.5 Å².